The number of carbonyl (C=O) groups is 1. The molecule has 0 saturated heterocycles. The zero-order chi connectivity index (χ0) is 16.0. The summed E-state index contributed by atoms with van der Waals surface area (Å²) in [5, 5.41) is 1.13. The molecule has 0 aliphatic carbocycles. The molecule has 0 unspecified atom stereocenters. The Bertz CT molecular complexity index is 914. The highest BCUT2D eigenvalue weighted by molar-refractivity contribution is 5.89. The van der Waals surface area contributed by atoms with Crippen molar-refractivity contribution in [3.8, 4) is 0 Å². The summed E-state index contributed by atoms with van der Waals surface area (Å²) in [5.41, 5.74) is 9.63. The van der Waals surface area contributed by atoms with E-state index in [9.17, 15) is 4.79 Å². The summed E-state index contributed by atoms with van der Waals surface area (Å²) >= 11 is 0. The van der Waals surface area contributed by atoms with Gasteiger partial charge in [0, 0.05) is 42.5 Å². The Morgan fingerprint density at radius 2 is 2.13 bits per heavy atom. The van der Waals surface area contributed by atoms with Gasteiger partial charge in [0.1, 0.15) is 0 Å². The summed E-state index contributed by atoms with van der Waals surface area (Å²) in [4.78, 5) is 22.7. The summed E-state index contributed by atoms with van der Waals surface area (Å²) in [7, 11) is 2.00. The number of nitrogen functional groups attached to an aromatic ring is 1. The van der Waals surface area contributed by atoms with Crippen LogP contribution in [0.5, 0.6) is 0 Å². The molecule has 0 bridgehead atoms. The number of para-hydroxylation sites is 1. The number of aryl methyl sites for hydroxylation is 1. The lowest BCUT2D eigenvalue weighted by atomic mass is 10.1. The summed E-state index contributed by atoms with van der Waals surface area (Å²) in [6.45, 7) is 1.06. The van der Waals surface area contributed by atoms with E-state index in [-0.39, 0.29) is 11.9 Å². The highest BCUT2D eigenvalue weighted by atomic mass is 16.2. The molecule has 1 aliphatic heterocycles. The van der Waals surface area contributed by atoms with E-state index >= 15 is 0 Å². The Labute approximate surface area is 133 Å². The first-order valence-corrected chi connectivity index (χ1v) is 7.53. The molecule has 2 N–H and O–H groups in total. The number of amides is 1. The second-order valence-electron chi connectivity index (χ2n) is 5.91. The number of benzene rings is 1. The first-order valence-electron chi connectivity index (χ1n) is 7.53. The van der Waals surface area contributed by atoms with E-state index < -0.39 is 0 Å². The average molecular weight is 307 g/mol. The smallest absolute Gasteiger partial charge is 0.227 e. The number of nitrogens with two attached hydrogens (primary N) is 1. The average Bonchev–Trinajstić information content (AvgIpc) is 3.09. The van der Waals surface area contributed by atoms with Crippen molar-refractivity contribution in [2.24, 2.45) is 7.05 Å². The predicted octanol–water partition coefficient (Wildman–Crippen LogP) is 1.64. The Morgan fingerprint density at radius 1 is 1.30 bits per heavy atom. The maximum atomic E-state index is 12.7. The maximum Gasteiger partial charge on any atom is 0.227 e. The van der Waals surface area contributed by atoms with Crippen molar-refractivity contribution in [1.82, 2.24) is 19.4 Å². The van der Waals surface area contributed by atoms with Gasteiger partial charge in [0.15, 0.2) is 0 Å². The highest BCUT2D eigenvalue weighted by Crippen LogP contribution is 2.24. The fraction of sp³-hybridized carbons (Fsp3) is 0.235. The molecule has 1 amide bonds. The lowest BCUT2D eigenvalue weighted by Gasteiger charge is -2.14. The number of carbonyl (C=O) groups excluding carboxylic acids is 1. The van der Waals surface area contributed by atoms with Gasteiger partial charge in [-0.25, -0.2) is 9.97 Å². The van der Waals surface area contributed by atoms with Gasteiger partial charge in [-0.05, 0) is 11.6 Å². The standard InChI is InChI=1S/C17H17N5O/c1-21-8-11(13-4-2-3-5-15(13)21)6-16(23)22-9-12-7-19-17(18)20-14(12)10-22/h2-5,7-8H,6,9-10H2,1H3,(H2,18,19,20). The lowest BCUT2D eigenvalue weighted by Crippen LogP contribution is -2.26. The van der Waals surface area contributed by atoms with E-state index in [1.165, 1.54) is 0 Å². The molecule has 6 nitrogen and oxygen atoms in total. The molecule has 0 radical (unpaired) electrons. The van der Waals surface area contributed by atoms with Crippen molar-refractivity contribution in [3.63, 3.8) is 0 Å². The fourth-order valence-corrected chi connectivity index (χ4v) is 3.19. The zero-order valence-corrected chi connectivity index (χ0v) is 12.9. The van der Waals surface area contributed by atoms with Gasteiger partial charge in [0.05, 0.1) is 18.7 Å². The fourth-order valence-electron chi connectivity index (χ4n) is 3.19. The minimum Gasteiger partial charge on any atom is -0.368 e. The second kappa shape index (κ2) is 5.08. The van der Waals surface area contributed by atoms with E-state index in [4.69, 9.17) is 5.73 Å². The van der Waals surface area contributed by atoms with E-state index in [1.54, 1.807) is 11.1 Å². The number of hydrogen-bond acceptors (Lipinski definition) is 4. The minimum atomic E-state index is 0.0953. The molecular weight excluding hydrogens is 290 g/mol. The Kier molecular flexibility index (Phi) is 3.04. The number of fused-ring (bicyclic) bond motifs is 2. The molecule has 0 fully saturated rings. The Morgan fingerprint density at radius 3 is 3.00 bits per heavy atom. The largest absolute Gasteiger partial charge is 0.368 e. The Balaban J connectivity index is 1.57. The van der Waals surface area contributed by atoms with Crippen molar-refractivity contribution >= 4 is 22.8 Å². The van der Waals surface area contributed by atoms with Crippen LogP contribution in [0.15, 0.2) is 36.7 Å². The summed E-state index contributed by atoms with van der Waals surface area (Å²) < 4.78 is 2.06. The van der Waals surface area contributed by atoms with Gasteiger partial charge in [-0.3, -0.25) is 4.79 Å². The molecule has 0 atom stereocenters. The van der Waals surface area contributed by atoms with Crippen molar-refractivity contribution in [1.29, 1.82) is 0 Å². The number of nitrogens with zero attached hydrogens (tertiary/aromatic N) is 4. The van der Waals surface area contributed by atoms with Crippen molar-refractivity contribution in [2.75, 3.05) is 5.73 Å². The van der Waals surface area contributed by atoms with Crippen LogP contribution < -0.4 is 5.73 Å². The molecule has 1 aromatic carbocycles. The predicted molar refractivity (Wildman–Crippen MR) is 87.3 cm³/mol. The quantitative estimate of drug-likeness (QED) is 0.780. The van der Waals surface area contributed by atoms with Gasteiger partial charge in [-0.15, -0.1) is 0 Å². The molecule has 2 aromatic heterocycles. The van der Waals surface area contributed by atoms with Crippen LogP contribution >= 0.6 is 0 Å². The molecule has 3 heterocycles. The lowest BCUT2D eigenvalue weighted by molar-refractivity contribution is -0.131. The van der Waals surface area contributed by atoms with Crippen molar-refractivity contribution in [2.45, 2.75) is 19.5 Å². The van der Waals surface area contributed by atoms with Crippen LogP contribution in [-0.2, 0) is 31.4 Å². The second-order valence-corrected chi connectivity index (χ2v) is 5.91. The monoisotopic (exact) mass is 307 g/mol. The van der Waals surface area contributed by atoms with Gasteiger partial charge in [-0.1, -0.05) is 18.2 Å². The first kappa shape index (κ1) is 13.8. The van der Waals surface area contributed by atoms with Gasteiger partial charge < -0.3 is 15.2 Å². The molecule has 0 spiro atoms. The number of hydrogen-bond donors (Lipinski definition) is 1. The molecule has 4 rings (SSSR count). The van der Waals surface area contributed by atoms with Gasteiger partial charge in [0.25, 0.3) is 0 Å². The molecule has 6 heteroatoms. The van der Waals surface area contributed by atoms with Crippen molar-refractivity contribution < 1.29 is 4.79 Å². The number of anilines is 1. The SMILES string of the molecule is Cn1cc(CC(=O)N2Cc3cnc(N)nc3C2)c2ccccc21. The molecule has 116 valence electrons. The van der Waals surface area contributed by atoms with Crippen LogP contribution in [0.25, 0.3) is 10.9 Å². The minimum absolute atomic E-state index is 0.0953. The maximum absolute atomic E-state index is 12.7. The van der Waals surface area contributed by atoms with E-state index in [1.807, 2.05) is 25.4 Å². The molecule has 1 aliphatic rings. The number of rotatable bonds is 2. The summed E-state index contributed by atoms with van der Waals surface area (Å²) in [6.07, 6.45) is 4.13. The highest BCUT2D eigenvalue weighted by Gasteiger charge is 2.25. The van der Waals surface area contributed by atoms with Crippen molar-refractivity contribution in [3.05, 3.63) is 53.5 Å². The van der Waals surface area contributed by atoms with Crippen LogP contribution in [0, 0.1) is 0 Å². The summed E-state index contributed by atoms with van der Waals surface area (Å²) in [6, 6.07) is 8.13. The molecule has 0 saturated carbocycles. The molecule has 23 heavy (non-hydrogen) atoms. The van der Waals surface area contributed by atoms with E-state index in [0.717, 1.165) is 27.7 Å². The van der Waals surface area contributed by atoms with Gasteiger partial charge in [-0.2, -0.15) is 0 Å². The molecular formula is C17H17N5O. The first-order chi connectivity index (χ1) is 11.1. The van der Waals surface area contributed by atoms with Crippen LogP contribution in [-0.4, -0.2) is 25.3 Å². The van der Waals surface area contributed by atoms with E-state index in [2.05, 4.69) is 26.7 Å². The molecule has 3 aromatic rings. The van der Waals surface area contributed by atoms with Crippen LogP contribution in [0.1, 0.15) is 16.8 Å². The Hall–Kier alpha value is -2.89. The third-order valence-electron chi connectivity index (χ3n) is 4.35. The van der Waals surface area contributed by atoms with Crippen LogP contribution in [0.2, 0.25) is 0 Å². The normalized spacial score (nSPS) is 13.5. The topological polar surface area (TPSA) is 77.0 Å². The van der Waals surface area contributed by atoms with Crippen LogP contribution in [0.3, 0.4) is 0 Å². The summed E-state index contributed by atoms with van der Waals surface area (Å²) in [5.74, 6) is 0.352. The number of aromatic nitrogens is 3. The van der Waals surface area contributed by atoms with Gasteiger partial charge >= 0.3 is 0 Å². The third-order valence-corrected chi connectivity index (χ3v) is 4.35. The van der Waals surface area contributed by atoms with Gasteiger partial charge in [0.2, 0.25) is 11.9 Å². The third kappa shape index (κ3) is 2.32. The zero-order valence-electron chi connectivity index (χ0n) is 12.9. The van der Waals surface area contributed by atoms with Crippen LogP contribution in [0.4, 0.5) is 5.95 Å². The van der Waals surface area contributed by atoms with E-state index in [0.29, 0.717) is 19.5 Å².